The largest absolute Gasteiger partial charge is 0.494 e. The smallest absolute Gasteiger partial charge is 0.281 e. The van der Waals surface area contributed by atoms with Crippen LogP contribution in [0.15, 0.2) is 48.2 Å². The van der Waals surface area contributed by atoms with Crippen molar-refractivity contribution in [3.8, 4) is 17.2 Å². The Kier molecular flexibility index (Phi) is 6.95. The molecule has 1 aliphatic heterocycles. The fourth-order valence-corrected chi connectivity index (χ4v) is 3.44. The number of hydrogen-bond donors (Lipinski definition) is 0. The van der Waals surface area contributed by atoms with Crippen molar-refractivity contribution in [2.24, 2.45) is 0 Å². The van der Waals surface area contributed by atoms with Crippen LogP contribution < -0.4 is 19.1 Å². The standard InChI is InChI=1S/C23H26N2O4S/c1-5-27-18-11-9-17(10-12-18)25-22(26)19(24(4)23(25)30)14-16-8-13-20(28-6-2)21(15-16)29-7-3/h8-15H,5-7H2,1-4H3/b19-14-. The maximum Gasteiger partial charge on any atom is 0.281 e. The highest BCUT2D eigenvalue weighted by molar-refractivity contribution is 7.80. The normalized spacial score (nSPS) is 15.1. The molecule has 0 radical (unpaired) electrons. The monoisotopic (exact) mass is 426 g/mol. The van der Waals surface area contributed by atoms with Gasteiger partial charge in [0.15, 0.2) is 16.6 Å². The van der Waals surface area contributed by atoms with Crippen LogP contribution >= 0.6 is 12.2 Å². The highest BCUT2D eigenvalue weighted by Crippen LogP contribution is 2.32. The lowest BCUT2D eigenvalue weighted by Crippen LogP contribution is -2.31. The molecule has 1 saturated heterocycles. The average molecular weight is 427 g/mol. The average Bonchev–Trinajstić information content (AvgIpc) is 2.94. The summed E-state index contributed by atoms with van der Waals surface area (Å²) in [5.41, 5.74) is 2.01. The van der Waals surface area contributed by atoms with Gasteiger partial charge in [0.05, 0.1) is 25.5 Å². The molecule has 0 bridgehead atoms. The number of carbonyl (C=O) groups excluding carboxylic acids is 1. The Bertz CT molecular complexity index is 956. The number of rotatable bonds is 8. The Hall–Kier alpha value is -3.06. The maximum absolute atomic E-state index is 13.2. The summed E-state index contributed by atoms with van der Waals surface area (Å²) in [5.74, 6) is 1.89. The molecule has 30 heavy (non-hydrogen) atoms. The quantitative estimate of drug-likeness (QED) is 0.458. The number of anilines is 1. The van der Waals surface area contributed by atoms with Gasteiger partial charge < -0.3 is 19.1 Å². The highest BCUT2D eigenvalue weighted by Gasteiger charge is 2.36. The minimum Gasteiger partial charge on any atom is -0.494 e. The Morgan fingerprint density at radius 3 is 2.17 bits per heavy atom. The molecule has 1 heterocycles. The van der Waals surface area contributed by atoms with E-state index in [1.54, 1.807) is 18.0 Å². The van der Waals surface area contributed by atoms with Gasteiger partial charge in [0.2, 0.25) is 0 Å². The summed E-state index contributed by atoms with van der Waals surface area (Å²) in [6.45, 7) is 7.43. The third kappa shape index (κ3) is 4.41. The van der Waals surface area contributed by atoms with E-state index in [1.807, 2.05) is 63.2 Å². The van der Waals surface area contributed by atoms with E-state index in [2.05, 4.69) is 0 Å². The second-order valence-electron chi connectivity index (χ2n) is 6.51. The Morgan fingerprint density at radius 1 is 0.900 bits per heavy atom. The topological polar surface area (TPSA) is 51.2 Å². The fraction of sp³-hybridized carbons (Fsp3) is 0.304. The van der Waals surface area contributed by atoms with Gasteiger partial charge in [-0.25, -0.2) is 0 Å². The van der Waals surface area contributed by atoms with Crippen molar-refractivity contribution in [1.29, 1.82) is 0 Å². The SMILES string of the molecule is CCOc1ccc(N2C(=O)/C(=C/c3ccc(OCC)c(OCC)c3)N(C)C2=S)cc1. The summed E-state index contributed by atoms with van der Waals surface area (Å²) in [7, 11) is 1.79. The van der Waals surface area contributed by atoms with Gasteiger partial charge in [-0.15, -0.1) is 0 Å². The molecule has 7 heteroatoms. The number of amides is 1. The van der Waals surface area contributed by atoms with Crippen LogP contribution in [0.2, 0.25) is 0 Å². The van der Waals surface area contributed by atoms with Crippen LogP contribution in [-0.4, -0.2) is 42.8 Å². The van der Waals surface area contributed by atoms with Crippen molar-refractivity contribution in [2.75, 3.05) is 31.8 Å². The van der Waals surface area contributed by atoms with Crippen LogP contribution in [0.1, 0.15) is 26.3 Å². The number of nitrogens with zero attached hydrogens (tertiary/aromatic N) is 2. The van der Waals surface area contributed by atoms with Crippen LogP contribution in [0.4, 0.5) is 5.69 Å². The lowest BCUT2D eigenvalue weighted by atomic mass is 10.1. The number of thiocarbonyl (C=S) groups is 1. The number of carbonyl (C=O) groups is 1. The summed E-state index contributed by atoms with van der Waals surface area (Å²) in [5, 5.41) is 0.423. The molecule has 1 amide bonds. The molecule has 0 atom stereocenters. The Labute approximate surface area is 182 Å². The molecule has 158 valence electrons. The van der Waals surface area contributed by atoms with Crippen molar-refractivity contribution < 1.29 is 19.0 Å². The molecule has 1 aliphatic rings. The van der Waals surface area contributed by atoms with E-state index in [1.165, 1.54) is 4.90 Å². The first-order chi connectivity index (χ1) is 14.5. The molecule has 0 aromatic heterocycles. The molecule has 0 spiro atoms. The van der Waals surface area contributed by atoms with Gasteiger partial charge in [-0.05, 0) is 81.0 Å². The maximum atomic E-state index is 13.2. The Balaban J connectivity index is 1.91. The number of likely N-dealkylation sites (N-methyl/N-ethyl adjacent to an activating group) is 1. The first kappa shape index (κ1) is 21.6. The third-order valence-electron chi connectivity index (χ3n) is 4.54. The van der Waals surface area contributed by atoms with Gasteiger partial charge in [-0.3, -0.25) is 9.69 Å². The first-order valence-electron chi connectivity index (χ1n) is 9.96. The van der Waals surface area contributed by atoms with Crippen LogP contribution in [-0.2, 0) is 4.79 Å². The molecule has 3 rings (SSSR count). The van der Waals surface area contributed by atoms with E-state index in [9.17, 15) is 4.79 Å². The van der Waals surface area contributed by atoms with E-state index >= 15 is 0 Å². The Morgan fingerprint density at radius 2 is 1.53 bits per heavy atom. The van der Waals surface area contributed by atoms with E-state index < -0.39 is 0 Å². The lowest BCUT2D eigenvalue weighted by Gasteiger charge is -2.16. The van der Waals surface area contributed by atoms with Crippen molar-refractivity contribution in [1.82, 2.24) is 4.90 Å². The van der Waals surface area contributed by atoms with Crippen molar-refractivity contribution in [2.45, 2.75) is 20.8 Å². The zero-order valence-corrected chi connectivity index (χ0v) is 18.5. The molecule has 6 nitrogen and oxygen atoms in total. The molecule has 0 aliphatic carbocycles. The molecule has 0 unspecified atom stereocenters. The van der Waals surface area contributed by atoms with Crippen LogP contribution in [0.5, 0.6) is 17.2 Å². The molecule has 1 fully saturated rings. The van der Waals surface area contributed by atoms with Gasteiger partial charge in [0.25, 0.3) is 5.91 Å². The van der Waals surface area contributed by atoms with E-state index in [0.29, 0.717) is 47.8 Å². The summed E-state index contributed by atoms with van der Waals surface area (Å²) < 4.78 is 16.8. The second-order valence-corrected chi connectivity index (χ2v) is 6.88. The van der Waals surface area contributed by atoms with E-state index in [0.717, 1.165) is 11.3 Å². The predicted molar refractivity (Wildman–Crippen MR) is 122 cm³/mol. The first-order valence-corrected chi connectivity index (χ1v) is 10.4. The van der Waals surface area contributed by atoms with Crippen LogP contribution in [0.25, 0.3) is 6.08 Å². The van der Waals surface area contributed by atoms with Crippen molar-refractivity contribution in [3.05, 3.63) is 53.7 Å². The summed E-state index contributed by atoms with van der Waals surface area (Å²) in [6, 6.07) is 12.9. The number of ether oxygens (including phenoxy) is 3. The zero-order valence-electron chi connectivity index (χ0n) is 17.7. The zero-order chi connectivity index (χ0) is 21.7. The minimum atomic E-state index is -0.182. The highest BCUT2D eigenvalue weighted by atomic mass is 32.1. The minimum absolute atomic E-state index is 0.182. The molecule has 0 saturated carbocycles. The van der Waals surface area contributed by atoms with Gasteiger partial charge >= 0.3 is 0 Å². The third-order valence-corrected chi connectivity index (χ3v) is 4.99. The summed E-state index contributed by atoms with van der Waals surface area (Å²) >= 11 is 5.54. The van der Waals surface area contributed by atoms with Gasteiger partial charge in [0, 0.05) is 7.05 Å². The predicted octanol–water partition coefficient (Wildman–Crippen LogP) is 4.49. The molecular formula is C23H26N2O4S. The van der Waals surface area contributed by atoms with E-state index in [-0.39, 0.29) is 5.91 Å². The number of benzene rings is 2. The molecular weight excluding hydrogens is 400 g/mol. The van der Waals surface area contributed by atoms with Gasteiger partial charge in [-0.1, -0.05) is 6.07 Å². The van der Waals surface area contributed by atoms with Crippen molar-refractivity contribution in [3.63, 3.8) is 0 Å². The van der Waals surface area contributed by atoms with Gasteiger partial charge in [-0.2, -0.15) is 0 Å². The second kappa shape index (κ2) is 9.63. The molecule has 2 aromatic carbocycles. The summed E-state index contributed by atoms with van der Waals surface area (Å²) in [6.07, 6.45) is 1.81. The summed E-state index contributed by atoms with van der Waals surface area (Å²) in [4.78, 5) is 16.4. The van der Waals surface area contributed by atoms with Crippen LogP contribution in [0, 0.1) is 0 Å². The molecule has 2 aromatic rings. The molecule has 0 N–H and O–H groups in total. The fourth-order valence-electron chi connectivity index (χ4n) is 3.16. The lowest BCUT2D eigenvalue weighted by molar-refractivity contribution is -0.114. The van der Waals surface area contributed by atoms with E-state index in [4.69, 9.17) is 26.4 Å². The number of hydrogen-bond acceptors (Lipinski definition) is 5. The van der Waals surface area contributed by atoms with Crippen molar-refractivity contribution >= 4 is 35.0 Å². The van der Waals surface area contributed by atoms with Gasteiger partial charge in [0.1, 0.15) is 11.4 Å². The van der Waals surface area contributed by atoms with Crippen LogP contribution in [0.3, 0.4) is 0 Å².